The number of hydrogen-bond acceptors (Lipinski definition) is 4. The van der Waals surface area contributed by atoms with Crippen molar-refractivity contribution < 1.29 is 9.53 Å². The standard InChI is InChI=1S/C16H27N3O2/c17-15(20)11-3-4-18-16(6-11)7-14(16)12-2-1-5-19(8-12)13-9-21-10-13/h11-14,18H,1-10H2,(H2,17,20)/t11?,12-,14?,16?/m0/s1. The van der Waals surface area contributed by atoms with Gasteiger partial charge < -0.3 is 15.8 Å². The molecule has 1 amide bonds. The van der Waals surface area contributed by atoms with E-state index in [-0.39, 0.29) is 17.4 Å². The molecule has 0 radical (unpaired) electrons. The molecule has 3 unspecified atom stereocenters. The fraction of sp³-hybridized carbons (Fsp3) is 0.938. The molecule has 1 saturated carbocycles. The van der Waals surface area contributed by atoms with E-state index >= 15 is 0 Å². The summed E-state index contributed by atoms with van der Waals surface area (Å²) in [6.45, 7) is 5.26. The summed E-state index contributed by atoms with van der Waals surface area (Å²) in [5.41, 5.74) is 5.78. The van der Waals surface area contributed by atoms with E-state index in [9.17, 15) is 4.79 Å². The quantitative estimate of drug-likeness (QED) is 0.787. The lowest BCUT2D eigenvalue weighted by molar-refractivity contribution is -0.123. The Hall–Kier alpha value is -0.650. The number of carbonyl (C=O) groups is 1. The fourth-order valence-corrected chi connectivity index (χ4v) is 4.88. The summed E-state index contributed by atoms with van der Waals surface area (Å²) in [7, 11) is 0. The highest BCUT2D eigenvalue weighted by Crippen LogP contribution is 2.55. The Labute approximate surface area is 126 Å². The zero-order valence-corrected chi connectivity index (χ0v) is 12.7. The third kappa shape index (κ3) is 2.49. The smallest absolute Gasteiger partial charge is 0.220 e. The SMILES string of the molecule is NC(=O)C1CCNC2(C1)CC2[C@H]1CCCN(C2COC2)C1. The maximum Gasteiger partial charge on any atom is 0.220 e. The van der Waals surface area contributed by atoms with Crippen molar-refractivity contribution in [3.63, 3.8) is 0 Å². The summed E-state index contributed by atoms with van der Waals surface area (Å²) >= 11 is 0. The van der Waals surface area contributed by atoms with Crippen molar-refractivity contribution in [1.29, 1.82) is 0 Å². The topological polar surface area (TPSA) is 67.6 Å². The van der Waals surface area contributed by atoms with Crippen LogP contribution in [-0.2, 0) is 9.53 Å². The molecule has 118 valence electrons. The zero-order valence-electron chi connectivity index (χ0n) is 12.7. The molecule has 4 fully saturated rings. The average Bonchev–Trinajstić information content (AvgIpc) is 3.10. The van der Waals surface area contributed by atoms with Crippen LogP contribution in [-0.4, -0.2) is 55.2 Å². The van der Waals surface area contributed by atoms with Gasteiger partial charge in [-0.25, -0.2) is 0 Å². The normalized spacial score (nSPS) is 44.5. The first kappa shape index (κ1) is 14.0. The molecule has 4 rings (SSSR count). The van der Waals surface area contributed by atoms with Crippen LogP contribution in [0.1, 0.15) is 32.1 Å². The van der Waals surface area contributed by atoms with Crippen LogP contribution < -0.4 is 11.1 Å². The Morgan fingerprint density at radius 2 is 2.14 bits per heavy atom. The highest BCUT2D eigenvalue weighted by Gasteiger charge is 2.59. The Morgan fingerprint density at radius 3 is 2.86 bits per heavy atom. The summed E-state index contributed by atoms with van der Waals surface area (Å²) in [6.07, 6.45) is 5.79. The van der Waals surface area contributed by atoms with Gasteiger partial charge in [0.15, 0.2) is 0 Å². The third-order valence-electron chi connectivity index (χ3n) is 6.31. The maximum atomic E-state index is 11.5. The zero-order chi connectivity index (χ0) is 14.4. The second kappa shape index (κ2) is 5.21. The van der Waals surface area contributed by atoms with Crippen molar-refractivity contribution in [3.05, 3.63) is 0 Å². The summed E-state index contributed by atoms with van der Waals surface area (Å²) in [5, 5.41) is 3.72. The van der Waals surface area contributed by atoms with Crippen molar-refractivity contribution in [2.24, 2.45) is 23.5 Å². The van der Waals surface area contributed by atoms with E-state index in [1.807, 2.05) is 0 Å². The average molecular weight is 293 g/mol. The Bertz CT molecular complexity index is 426. The Balaban J connectivity index is 1.38. The van der Waals surface area contributed by atoms with Crippen molar-refractivity contribution in [2.75, 3.05) is 32.8 Å². The maximum absolute atomic E-state index is 11.5. The lowest BCUT2D eigenvalue weighted by atomic mass is 9.84. The minimum Gasteiger partial charge on any atom is -0.378 e. The predicted octanol–water partition coefficient (Wildman–Crippen LogP) is 0.341. The number of rotatable bonds is 3. The molecule has 1 aliphatic carbocycles. The molecule has 0 bridgehead atoms. The van der Waals surface area contributed by atoms with E-state index in [0.717, 1.165) is 44.4 Å². The lowest BCUT2D eigenvalue weighted by Crippen LogP contribution is -2.53. The molecular weight excluding hydrogens is 266 g/mol. The number of nitrogens with two attached hydrogens (primary N) is 1. The Kier molecular flexibility index (Phi) is 3.47. The molecule has 0 aromatic carbocycles. The van der Waals surface area contributed by atoms with Crippen LogP contribution in [0.2, 0.25) is 0 Å². The van der Waals surface area contributed by atoms with E-state index in [2.05, 4.69) is 10.2 Å². The van der Waals surface area contributed by atoms with Crippen LogP contribution in [0.15, 0.2) is 0 Å². The number of amides is 1. The largest absolute Gasteiger partial charge is 0.378 e. The fourth-order valence-electron chi connectivity index (χ4n) is 4.88. The van der Waals surface area contributed by atoms with Gasteiger partial charge in [0.2, 0.25) is 5.91 Å². The highest BCUT2D eigenvalue weighted by molar-refractivity contribution is 5.77. The van der Waals surface area contributed by atoms with Crippen LogP contribution in [0.5, 0.6) is 0 Å². The second-order valence-electron chi connectivity index (χ2n) is 7.57. The highest BCUT2D eigenvalue weighted by atomic mass is 16.5. The van der Waals surface area contributed by atoms with E-state index < -0.39 is 0 Å². The van der Waals surface area contributed by atoms with Crippen LogP contribution in [0, 0.1) is 17.8 Å². The molecule has 3 aliphatic heterocycles. The molecule has 0 aromatic rings. The summed E-state index contributed by atoms with van der Waals surface area (Å²) in [4.78, 5) is 14.1. The van der Waals surface area contributed by atoms with E-state index in [4.69, 9.17) is 10.5 Å². The molecule has 5 nitrogen and oxygen atoms in total. The van der Waals surface area contributed by atoms with Crippen molar-refractivity contribution >= 4 is 5.91 Å². The van der Waals surface area contributed by atoms with Gasteiger partial charge in [-0.3, -0.25) is 9.69 Å². The van der Waals surface area contributed by atoms with Crippen molar-refractivity contribution in [3.8, 4) is 0 Å². The van der Waals surface area contributed by atoms with E-state index in [1.54, 1.807) is 0 Å². The molecular formula is C16H27N3O2. The predicted molar refractivity (Wildman–Crippen MR) is 79.7 cm³/mol. The summed E-state index contributed by atoms with van der Waals surface area (Å²) in [6, 6.07) is 0.667. The van der Waals surface area contributed by atoms with Gasteiger partial charge in [0.05, 0.1) is 19.3 Å². The van der Waals surface area contributed by atoms with Crippen LogP contribution in [0.4, 0.5) is 0 Å². The molecule has 21 heavy (non-hydrogen) atoms. The minimum atomic E-state index is -0.0987. The van der Waals surface area contributed by atoms with Gasteiger partial charge in [-0.05, 0) is 57.0 Å². The molecule has 4 aliphatic rings. The third-order valence-corrected chi connectivity index (χ3v) is 6.31. The van der Waals surface area contributed by atoms with Crippen LogP contribution >= 0.6 is 0 Å². The monoisotopic (exact) mass is 293 g/mol. The van der Waals surface area contributed by atoms with Crippen LogP contribution in [0.3, 0.4) is 0 Å². The number of primary amides is 1. The summed E-state index contributed by atoms with van der Waals surface area (Å²) in [5.74, 6) is 1.54. The van der Waals surface area contributed by atoms with Crippen LogP contribution in [0.25, 0.3) is 0 Å². The first-order valence-corrected chi connectivity index (χ1v) is 8.54. The molecule has 3 saturated heterocycles. The van der Waals surface area contributed by atoms with Gasteiger partial charge in [-0.1, -0.05) is 0 Å². The number of piperidine rings is 2. The van der Waals surface area contributed by atoms with E-state index in [1.165, 1.54) is 32.4 Å². The molecule has 5 heteroatoms. The molecule has 1 spiro atoms. The van der Waals surface area contributed by atoms with Crippen molar-refractivity contribution in [2.45, 2.75) is 43.7 Å². The van der Waals surface area contributed by atoms with Gasteiger partial charge in [0.25, 0.3) is 0 Å². The number of carbonyl (C=O) groups excluding carboxylic acids is 1. The molecule has 3 heterocycles. The first-order chi connectivity index (χ1) is 10.2. The second-order valence-corrected chi connectivity index (χ2v) is 7.57. The number of hydrogen-bond donors (Lipinski definition) is 2. The lowest BCUT2D eigenvalue weighted by Gasteiger charge is -2.43. The molecule has 3 N–H and O–H groups in total. The first-order valence-electron chi connectivity index (χ1n) is 8.54. The van der Waals surface area contributed by atoms with E-state index in [0.29, 0.717) is 6.04 Å². The molecule has 4 atom stereocenters. The van der Waals surface area contributed by atoms with Gasteiger partial charge >= 0.3 is 0 Å². The number of likely N-dealkylation sites (tertiary alicyclic amines) is 1. The number of ether oxygens (including phenoxy) is 1. The Morgan fingerprint density at radius 1 is 1.29 bits per heavy atom. The van der Waals surface area contributed by atoms with Gasteiger partial charge in [0, 0.05) is 18.0 Å². The van der Waals surface area contributed by atoms with Crippen molar-refractivity contribution in [1.82, 2.24) is 10.2 Å². The summed E-state index contributed by atoms with van der Waals surface area (Å²) < 4.78 is 5.34. The van der Waals surface area contributed by atoms with Gasteiger partial charge in [-0.15, -0.1) is 0 Å². The van der Waals surface area contributed by atoms with Gasteiger partial charge in [0.1, 0.15) is 0 Å². The number of nitrogens with one attached hydrogen (secondary N) is 1. The molecule has 0 aromatic heterocycles. The van der Waals surface area contributed by atoms with Gasteiger partial charge in [-0.2, -0.15) is 0 Å². The number of nitrogens with zero attached hydrogens (tertiary/aromatic N) is 1. The minimum absolute atomic E-state index is 0.0935.